The zero-order chi connectivity index (χ0) is 16.4. The summed E-state index contributed by atoms with van der Waals surface area (Å²) in [5.74, 6) is -0.232. The fraction of sp³-hybridized carbons (Fsp3) is 0.263. The second-order valence-corrected chi connectivity index (χ2v) is 6.12. The summed E-state index contributed by atoms with van der Waals surface area (Å²) in [6.07, 6.45) is 0. The van der Waals surface area contributed by atoms with Crippen LogP contribution >= 0.6 is 0 Å². The molecule has 1 unspecified atom stereocenters. The summed E-state index contributed by atoms with van der Waals surface area (Å²) in [5, 5.41) is 2.87. The molecular formula is C19H20N2O2. The first-order valence-electron chi connectivity index (χ1n) is 7.83. The summed E-state index contributed by atoms with van der Waals surface area (Å²) >= 11 is 0. The van der Waals surface area contributed by atoms with E-state index in [9.17, 15) is 9.59 Å². The van der Waals surface area contributed by atoms with E-state index in [0.29, 0.717) is 17.8 Å². The molecule has 1 aliphatic rings. The zero-order valence-corrected chi connectivity index (χ0v) is 13.3. The molecule has 2 aromatic carbocycles. The lowest BCUT2D eigenvalue weighted by molar-refractivity contribution is -0.121. The number of hydrogen-bond acceptors (Lipinski definition) is 2. The Balaban J connectivity index is 2.06. The van der Waals surface area contributed by atoms with Crippen molar-refractivity contribution in [1.82, 2.24) is 5.32 Å². The molecule has 118 valence electrons. The molecule has 0 saturated carbocycles. The predicted molar refractivity (Wildman–Crippen MR) is 90.2 cm³/mol. The summed E-state index contributed by atoms with van der Waals surface area (Å²) in [7, 11) is 0. The first-order chi connectivity index (χ1) is 11.1. The molecule has 0 aromatic heterocycles. The van der Waals surface area contributed by atoms with Crippen LogP contribution in [0.25, 0.3) is 0 Å². The van der Waals surface area contributed by atoms with E-state index < -0.39 is 6.04 Å². The number of fused-ring (bicyclic) bond motifs is 1. The number of carbonyl (C=O) groups is 2. The fourth-order valence-electron chi connectivity index (χ4n) is 2.85. The molecule has 1 atom stereocenters. The van der Waals surface area contributed by atoms with Crippen molar-refractivity contribution in [3.63, 3.8) is 0 Å². The highest BCUT2D eigenvalue weighted by atomic mass is 16.2. The maximum Gasteiger partial charge on any atom is 0.254 e. The number of carbonyl (C=O) groups excluding carboxylic acids is 2. The average Bonchev–Trinajstić information content (AvgIpc) is 2.66. The van der Waals surface area contributed by atoms with Gasteiger partial charge in [-0.15, -0.1) is 0 Å². The van der Waals surface area contributed by atoms with Crippen LogP contribution in [0.5, 0.6) is 0 Å². The van der Waals surface area contributed by atoms with Crippen LogP contribution in [0.3, 0.4) is 0 Å². The van der Waals surface area contributed by atoms with E-state index in [2.05, 4.69) is 5.32 Å². The van der Waals surface area contributed by atoms with Crippen molar-refractivity contribution in [2.45, 2.75) is 26.4 Å². The first kappa shape index (κ1) is 15.3. The van der Waals surface area contributed by atoms with Crippen molar-refractivity contribution in [2.75, 3.05) is 4.90 Å². The lowest BCUT2D eigenvalue weighted by Crippen LogP contribution is -2.48. The Morgan fingerprint density at radius 1 is 1.00 bits per heavy atom. The largest absolute Gasteiger partial charge is 0.340 e. The Hall–Kier alpha value is -2.62. The van der Waals surface area contributed by atoms with Crippen molar-refractivity contribution in [3.05, 3.63) is 65.7 Å². The van der Waals surface area contributed by atoms with Gasteiger partial charge in [0, 0.05) is 0 Å². The normalized spacial score (nSPS) is 17.7. The van der Waals surface area contributed by atoms with Gasteiger partial charge in [-0.2, -0.15) is 0 Å². The van der Waals surface area contributed by atoms with Gasteiger partial charge in [0.05, 0.1) is 17.8 Å². The van der Waals surface area contributed by atoms with E-state index >= 15 is 0 Å². The highest BCUT2D eigenvalue weighted by Gasteiger charge is 2.35. The van der Waals surface area contributed by atoms with Crippen molar-refractivity contribution in [1.29, 1.82) is 0 Å². The predicted octanol–water partition coefficient (Wildman–Crippen LogP) is 2.99. The number of rotatable bonds is 3. The summed E-state index contributed by atoms with van der Waals surface area (Å²) in [6, 6.07) is 16.6. The van der Waals surface area contributed by atoms with Crippen LogP contribution in [-0.2, 0) is 11.3 Å². The van der Waals surface area contributed by atoms with E-state index in [-0.39, 0.29) is 17.7 Å². The third-order valence-corrected chi connectivity index (χ3v) is 4.11. The maximum atomic E-state index is 13.0. The standard InChI is InChI=1S/C19H20N2O2/c1-13(2)17-19(23)21(12-14-8-4-3-5-9-14)16-11-7-6-10-15(16)18(22)20-17/h3-11,13,17H,12H2,1-2H3,(H,20,22). The van der Waals surface area contributed by atoms with Crippen LogP contribution in [0.1, 0.15) is 29.8 Å². The van der Waals surface area contributed by atoms with Crippen molar-refractivity contribution < 1.29 is 9.59 Å². The minimum absolute atomic E-state index is 0.0269. The van der Waals surface area contributed by atoms with Crippen LogP contribution in [0, 0.1) is 5.92 Å². The van der Waals surface area contributed by atoms with Gasteiger partial charge in [0.25, 0.3) is 5.91 Å². The number of amides is 2. The fourth-order valence-corrected chi connectivity index (χ4v) is 2.85. The van der Waals surface area contributed by atoms with Crippen LogP contribution in [0.2, 0.25) is 0 Å². The van der Waals surface area contributed by atoms with E-state index in [0.717, 1.165) is 5.56 Å². The number of hydrogen-bond donors (Lipinski definition) is 1. The minimum atomic E-state index is -0.515. The van der Waals surface area contributed by atoms with Crippen molar-refractivity contribution >= 4 is 17.5 Å². The molecule has 4 heteroatoms. The van der Waals surface area contributed by atoms with Crippen LogP contribution in [0.15, 0.2) is 54.6 Å². The average molecular weight is 308 g/mol. The number of anilines is 1. The third-order valence-electron chi connectivity index (χ3n) is 4.11. The quantitative estimate of drug-likeness (QED) is 0.947. The zero-order valence-electron chi connectivity index (χ0n) is 13.3. The summed E-state index contributed by atoms with van der Waals surface area (Å²) < 4.78 is 0. The summed E-state index contributed by atoms with van der Waals surface area (Å²) in [5.41, 5.74) is 2.24. The molecule has 2 aromatic rings. The van der Waals surface area contributed by atoms with Gasteiger partial charge in [-0.1, -0.05) is 56.3 Å². The Kier molecular flexibility index (Phi) is 4.15. The van der Waals surface area contributed by atoms with Crippen LogP contribution < -0.4 is 10.2 Å². The lowest BCUT2D eigenvalue weighted by atomic mass is 10.0. The van der Waals surface area contributed by atoms with Gasteiger partial charge in [0.15, 0.2) is 0 Å². The van der Waals surface area contributed by atoms with Gasteiger partial charge in [-0.25, -0.2) is 0 Å². The molecule has 0 spiro atoms. The molecule has 1 N–H and O–H groups in total. The molecule has 0 aliphatic carbocycles. The third kappa shape index (κ3) is 2.97. The molecule has 2 amide bonds. The van der Waals surface area contributed by atoms with Gasteiger partial charge in [0.2, 0.25) is 5.91 Å². The molecule has 1 aliphatic heterocycles. The molecule has 1 heterocycles. The number of nitrogens with zero attached hydrogens (tertiary/aromatic N) is 1. The van der Waals surface area contributed by atoms with Crippen LogP contribution in [-0.4, -0.2) is 17.9 Å². The molecule has 3 rings (SSSR count). The van der Waals surface area contributed by atoms with Crippen molar-refractivity contribution in [2.24, 2.45) is 5.92 Å². The Morgan fingerprint density at radius 3 is 2.35 bits per heavy atom. The van der Waals surface area contributed by atoms with Gasteiger partial charge >= 0.3 is 0 Å². The Morgan fingerprint density at radius 2 is 1.65 bits per heavy atom. The highest BCUT2D eigenvalue weighted by molar-refractivity contribution is 6.10. The van der Waals surface area contributed by atoms with Gasteiger partial charge < -0.3 is 10.2 Å². The molecule has 23 heavy (non-hydrogen) atoms. The minimum Gasteiger partial charge on any atom is -0.340 e. The van der Waals surface area contributed by atoms with E-state index in [4.69, 9.17) is 0 Å². The van der Waals surface area contributed by atoms with E-state index in [1.807, 2.05) is 62.4 Å². The highest BCUT2D eigenvalue weighted by Crippen LogP contribution is 2.27. The summed E-state index contributed by atoms with van der Waals surface area (Å²) in [4.78, 5) is 27.2. The van der Waals surface area contributed by atoms with Gasteiger partial charge in [0.1, 0.15) is 6.04 Å². The van der Waals surface area contributed by atoms with E-state index in [1.165, 1.54) is 0 Å². The molecular weight excluding hydrogens is 288 g/mol. The lowest BCUT2D eigenvalue weighted by Gasteiger charge is -2.27. The van der Waals surface area contributed by atoms with Gasteiger partial charge in [-0.05, 0) is 23.6 Å². The van der Waals surface area contributed by atoms with E-state index in [1.54, 1.807) is 11.0 Å². The number of nitrogens with one attached hydrogen (secondary N) is 1. The monoisotopic (exact) mass is 308 g/mol. The Labute approximate surface area is 136 Å². The number of para-hydroxylation sites is 1. The smallest absolute Gasteiger partial charge is 0.254 e. The Bertz CT molecular complexity index is 725. The van der Waals surface area contributed by atoms with Crippen molar-refractivity contribution in [3.8, 4) is 0 Å². The topological polar surface area (TPSA) is 49.4 Å². The van der Waals surface area contributed by atoms with Crippen LogP contribution in [0.4, 0.5) is 5.69 Å². The second-order valence-electron chi connectivity index (χ2n) is 6.12. The number of benzene rings is 2. The first-order valence-corrected chi connectivity index (χ1v) is 7.83. The summed E-state index contributed by atoms with van der Waals surface area (Å²) in [6.45, 7) is 4.34. The maximum absolute atomic E-state index is 13.0. The molecule has 0 saturated heterocycles. The molecule has 4 nitrogen and oxygen atoms in total. The molecule has 0 bridgehead atoms. The van der Waals surface area contributed by atoms with Gasteiger partial charge in [-0.3, -0.25) is 9.59 Å². The SMILES string of the molecule is CC(C)C1NC(=O)c2ccccc2N(Cc2ccccc2)C1=O. The molecule has 0 radical (unpaired) electrons. The molecule has 0 fully saturated rings. The second kappa shape index (κ2) is 6.24.